The molecule has 0 amide bonds. The summed E-state index contributed by atoms with van der Waals surface area (Å²) in [6, 6.07) is 4.11. The highest BCUT2D eigenvalue weighted by Gasteiger charge is 2.19. The van der Waals surface area contributed by atoms with E-state index in [1.807, 2.05) is 0 Å². The first-order chi connectivity index (χ1) is 8.74. The number of benzene rings is 1. The van der Waals surface area contributed by atoms with Gasteiger partial charge in [-0.25, -0.2) is 13.1 Å². The first-order valence-corrected chi connectivity index (χ1v) is 7.65. The minimum absolute atomic E-state index is 0.0125. The van der Waals surface area contributed by atoms with E-state index in [4.69, 9.17) is 28.3 Å². The summed E-state index contributed by atoms with van der Waals surface area (Å²) in [7, 11) is -3.79. The molecule has 1 aromatic carbocycles. The molecule has 0 aliphatic heterocycles. The minimum Gasteiger partial charge on any atom is -0.481 e. The Hall–Kier alpha value is -0.820. The zero-order valence-corrected chi connectivity index (χ0v) is 12.4. The highest BCUT2D eigenvalue weighted by molar-refractivity contribution is 7.89. The van der Waals surface area contributed by atoms with E-state index in [-0.39, 0.29) is 27.9 Å². The van der Waals surface area contributed by atoms with Crippen molar-refractivity contribution in [3.8, 4) is 0 Å². The normalized spacial score (nSPS) is 13.2. The lowest BCUT2D eigenvalue weighted by Crippen LogP contribution is -2.27. The van der Waals surface area contributed by atoms with Crippen LogP contribution in [0.1, 0.15) is 13.3 Å². The Morgan fingerprint density at radius 1 is 1.42 bits per heavy atom. The van der Waals surface area contributed by atoms with Crippen LogP contribution in [0.2, 0.25) is 10.0 Å². The van der Waals surface area contributed by atoms with Crippen molar-refractivity contribution in [1.82, 2.24) is 4.72 Å². The fourth-order valence-corrected chi connectivity index (χ4v) is 3.10. The molecule has 5 nitrogen and oxygen atoms in total. The molecule has 0 aromatic heterocycles. The molecule has 1 atom stereocenters. The summed E-state index contributed by atoms with van der Waals surface area (Å²) in [5.74, 6) is -1.60. The molecule has 0 aliphatic carbocycles. The monoisotopic (exact) mass is 325 g/mol. The molecule has 0 spiro atoms. The summed E-state index contributed by atoms with van der Waals surface area (Å²) in [5.41, 5.74) is 0. The highest BCUT2D eigenvalue weighted by Crippen LogP contribution is 2.24. The third-order valence-electron chi connectivity index (χ3n) is 2.47. The van der Waals surface area contributed by atoms with Gasteiger partial charge in [0.25, 0.3) is 0 Å². The van der Waals surface area contributed by atoms with E-state index >= 15 is 0 Å². The number of halogens is 2. The van der Waals surface area contributed by atoms with Crippen LogP contribution in [0.15, 0.2) is 23.1 Å². The molecule has 0 aliphatic rings. The summed E-state index contributed by atoms with van der Waals surface area (Å²) in [4.78, 5) is 10.5. The van der Waals surface area contributed by atoms with E-state index in [2.05, 4.69) is 4.72 Å². The first kappa shape index (κ1) is 16.2. The number of aliphatic carboxylic acids is 1. The summed E-state index contributed by atoms with van der Waals surface area (Å²) in [6.45, 7) is 1.52. The zero-order chi connectivity index (χ0) is 14.6. The summed E-state index contributed by atoms with van der Waals surface area (Å²) < 4.78 is 26.2. The van der Waals surface area contributed by atoms with Gasteiger partial charge in [0, 0.05) is 11.6 Å². The van der Waals surface area contributed by atoms with Gasteiger partial charge in [0.05, 0.1) is 10.9 Å². The number of rotatable bonds is 6. The SMILES string of the molecule is CC(CCNS(=O)(=O)c1cc(Cl)ccc1Cl)C(=O)O. The molecule has 0 saturated heterocycles. The molecule has 8 heteroatoms. The van der Waals surface area contributed by atoms with E-state index in [0.29, 0.717) is 0 Å². The lowest BCUT2D eigenvalue weighted by molar-refractivity contribution is -0.141. The molecular formula is C11H13Cl2NO4S. The molecular weight excluding hydrogens is 313 g/mol. The van der Waals surface area contributed by atoms with Gasteiger partial charge in [-0.3, -0.25) is 4.79 Å². The van der Waals surface area contributed by atoms with Crippen LogP contribution in [0.5, 0.6) is 0 Å². The lowest BCUT2D eigenvalue weighted by atomic mass is 10.1. The van der Waals surface area contributed by atoms with Gasteiger partial charge in [-0.05, 0) is 24.6 Å². The minimum atomic E-state index is -3.79. The van der Waals surface area contributed by atoms with Crippen LogP contribution < -0.4 is 4.72 Å². The largest absolute Gasteiger partial charge is 0.481 e. The molecule has 0 bridgehead atoms. The van der Waals surface area contributed by atoms with Crippen molar-refractivity contribution in [2.24, 2.45) is 5.92 Å². The summed E-state index contributed by atoms with van der Waals surface area (Å²) in [5, 5.41) is 9.01. The molecule has 0 fully saturated rings. The molecule has 19 heavy (non-hydrogen) atoms. The van der Waals surface area contributed by atoms with Gasteiger partial charge in [0.1, 0.15) is 4.90 Å². The van der Waals surface area contributed by atoms with Gasteiger partial charge in [0.2, 0.25) is 10.0 Å². The van der Waals surface area contributed by atoms with E-state index < -0.39 is 21.9 Å². The van der Waals surface area contributed by atoms with Crippen molar-refractivity contribution in [3.05, 3.63) is 28.2 Å². The molecule has 0 radical (unpaired) electrons. The van der Waals surface area contributed by atoms with Crippen LogP contribution >= 0.6 is 23.2 Å². The zero-order valence-electron chi connectivity index (χ0n) is 10.1. The molecule has 0 heterocycles. The van der Waals surface area contributed by atoms with E-state index in [0.717, 1.165) is 0 Å². The number of carboxylic acids is 1. The predicted molar refractivity (Wildman–Crippen MR) is 73.1 cm³/mol. The summed E-state index contributed by atoms with van der Waals surface area (Å²) in [6.07, 6.45) is 0.187. The number of hydrogen-bond donors (Lipinski definition) is 2. The van der Waals surface area contributed by atoms with Gasteiger partial charge >= 0.3 is 5.97 Å². The first-order valence-electron chi connectivity index (χ1n) is 5.41. The number of nitrogens with one attached hydrogen (secondary N) is 1. The number of carbonyl (C=O) groups is 1. The van der Waals surface area contributed by atoms with E-state index in [1.54, 1.807) is 0 Å². The molecule has 0 saturated carbocycles. The Morgan fingerprint density at radius 3 is 2.63 bits per heavy atom. The van der Waals surface area contributed by atoms with E-state index in [1.165, 1.54) is 25.1 Å². The maximum Gasteiger partial charge on any atom is 0.306 e. The fraction of sp³-hybridized carbons (Fsp3) is 0.364. The molecule has 1 unspecified atom stereocenters. The third-order valence-corrected chi connectivity index (χ3v) is 4.65. The van der Waals surface area contributed by atoms with Crippen LogP contribution in [-0.2, 0) is 14.8 Å². The fourth-order valence-electron chi connectivity index (χ4n) is 1.29. The topological polar surface area (TPSA) is 83.5 Å². The molecule has 2 N–H and O–H groups in total. The van der Waals surface area contributed by atoms with Crippen LogP contribution in [-0.4, -0.2) is 26.0 Å². The number of sulfonamides is 1. The van der Waals surface area contributed by atoms with Gasteiger partial charge in [-0.1, -0.05) is 30.1 Å². The second kappa shape index (κ2) is 6.56. The Morgan fingerprint density at radius 2 is 2.05 bits per heavy atom. The second-order valence-electron chi connectivity index (χ2n) is 4.00. The third kappa shape index (κ3) is 4.65. The Kier molecular flexibility index (Phi) is 5.61. The van der Waals surface area contributed by atoms with Crippen molar-refractivity contribution < 1.29 is 18.3 Å². The average Bonchev–Trinajstić information content (AvgIpc) is 2.31. The van der Waals surface area contributed by atoms with Gasteiger partial charge < -0.3 is 5.11 Å². The van der Waals surface area contributed by atoms with Gasteiger partial charge in [-0.15, -0.1) is 0 Å². The van der Waals surface area contributed by atoms with Crippen LogP contribution in [0, 0.1) is 5.92 Å². The molecule has 1 aromatic rings. The quantitative estimate of drug-likeness (QED) is 0.841. The molecule has 106 valence electrons. The smallest absolute Gasteiger partial charge is 0.306 e. The Bertz CT molecular complexity index is 574. The maximum atomic E-state index is 12.0. The standard InChI is InChI=1S/C11H13Cl2NO4S/c1-7(11(15)16)4-5-14-19(17,18)10-6-8(12)2-3-9(10)13/h2-3,6-7,14H,4-5H2,1H3,(H,15,16). The van der Waals surface area contributed by atoms with Crippen molar-refractivity contribution in [2.75, 3.05) is 6.54 Å². The van der Waals surface area contributed by atoms with Crippen molar-refractivity contribution >= 4 is 39.2 Å². The number of carboxylic acid groups (broad SMARTS) is 1. The number of hydrogen-bond acceptors (Lipinski definition) is 3. The average molecular weight is 326 g/mol. The Balaban J connectivity index is 2.76. The Labute approximate surface area is 121 Å². The maximum absolute atomic E-state index is 12.0. The molecule has 1 rings (SSSR count). The van der Waals surface area contributed by atoms with Gasteiger partial charge in [0.15, 0.2) is 0 Å². The van der Waals surface area contributed by atoms with Crippen molar-refractivity contribution in [2.45, 2.75) is 18.2 Å². The van der Waals surface area contributed by atoms with Crippen molar-refractivity contribution in [3.63, 3.8) is 0 Å². The van der Waals surface area contributed by atoms with Crippen LogP contribution in [0.3, 0.4) is 0 Å². The summed E-state index contributed by atoms with van der Waals surface area (Å²) >= 11 is 11.5. The lowest BCUT2D eigenvalue weighted by Gasteiger charge is -2.10. The van der Waals surface area contributed by atoms with Crippen molar-refractivity contribution in [1.29, 1.82) is 0 Å². The second-order valence-corrected chi connectivity index (χ2v) is 6.58. The van der Waals surface area contributed by atoms with Crippen LogP contribution in [0.25, 0.3) is 0 Å². The van der Waals surface area contributed by atoms with Crippen LogP contribution in [0.4, 0.5) is 0 Å². The van der Waals surface area contributed by atoms with Gasteiger partial charge in [-0.2, -0.15) is 0 Å². The highest BCUT2D eigenvalue weighted by atomic mass is 35.5. The van der Waals surface area contributed by atoms with E-state index in [9.17, 15) is 13.2 Å². The predicted octanol–water partition coefficient (Wildman–Crippen LogP) is 2.38.